The van der Waals surface area contributed by atoms with Gasteiger partial charge < -0.3 is 25.2 Å². The Morgan fingerprint density at radius 1 is 1.03 bits per heavy atom. The van der Waals surface area contributed by atoms with E-state index in [1.54, 1.807) is 0 Å². The topological polar surface area (TPSA) is 166 Å². The highest BCUT2D eigenvalue weighted by molar-refractivity contribution is 8.14. The van der Waals surface area contributed by atoms with Gasteiger partial charge in [-0.1, -0.05) is 42.6 Å². The minimum absolute atomic E-state index is 0.134. The van der Waals surface area contributed by atoms with E-state index < -0.39 is 46.9 Å². The quantitative estimate of drug-likeness (QED) is 0.0835. The number of nitrogens with zero attached hydrogens (tertiary/aromatic N) is 1. The number of aliphatic hydroxyl groups excluding tert-OH is 4. The molecule has 0 spiro atoms. The van der Waals surface area contributed by atoms with Gasteiger partial charge in [-0.25, -0.2) is 4.28 Å². The van der Waals surface area contributed by atoms with Gasteiger partial charge in [0.1, 0.15) is 34.9 Å². The molecule has 0 aliphatic carbocycles. The van der Waals surface area contributed by atoms with Gasteiger partial charge in [-0.2, -0.15) is 20.2 Å². The maximum absolute atomic E-state index is 10.8. The van der Waals surface area contributed by atoms with Crippen LogP contribution in [0.2, 0.25) is 0 Å². The molecule has 5 N–H and O–H groups in total. The third kappa shape index (κ3) is 10.6. The van der Waals surface area contributed by atoms with Gasteiger partial charge in [-0.3, -0.25) is 4.55 Å². The van der Waals surface area contributed by atoms with E-state index in [9.17, 15) is 28.8 Å². The molecule has 0 unspecified atom stereocenters. The Morgan fingerprint density at radius 3 is 2.24 bits per heavy atom. The maximum atomic E-state index is 10.8. The summed E-state index contributed by atoms with van der Waals surface area (Å²) in [5.41, 5.74) is -1.11. The van der Waals surface area contributed by atoms with E-state index in [1.165, 1.54) is 6.42 Å². The molecule has 5 atom stereocenters. The largest absolute Gasteiger partial charge is 0.466 e. The molecule has 0 aromatic rings. The third-order valence-electron chi connectivity index (χ3n) is 4.32. The number of oxime groups is 1. The molecular formula is C16H31NO9S3. The minimum atomic E-state index is -4.79. The van der Waals surface area contributed by atoms with Gasteiger partial charge in [-0.15, -0.1) is 0 Å². The lowest BCUT2D eigenvalue weighted by molar-refractivity contribution is -0.205. The number of aliphatic hydroxyl groups is 4. The number of thioether (sulfide) groups is 2. The summed E-state index contributed by atoms with van der Waals surface area (Å²) in [7, 11) is -4.79. The first-order valence-corrected chi connectivity index (χ1v) is 13.0. The molecule has 0 amide bonds. The lowest BCUT2D eigenvalue weighted by atomic mass is 10.0. The molecular weight excluding hydrogens is 446 g/mol. The van der Waals surface area contributed by atoms with E-state index in [1.807, 2.05) is 11.8 Å². The van der Waals surface area contributed by atoms with Crippen molar-refractivity contribution in [3.63, 3.8) is 0 Å². The van der Waals surface area contributed by atoms with Crippen LogP contribution in [0.5, 0.6) is 0 Å². The molecule has 1 heterocycles. The van der Waals surface area contributed by atoms with E-state index in [0.29, 0.717) is 12.8 Å². The van der Waals surface area contributed by atoms with Crippen molar-refractivity contribution in [2.75, 3.05) is 18.6 Å². The summed E-state index contributed by atoms with van der Waals surface area (Å²) in [6, 6.07) is 0. The van der Waals surface area contributed by atoms with Crippen LogP contribution >= 0.6 is 23.5 Å². The SMILES string of the molecule is CSCCCCCCCCC(=NOS(=O)(=O)O)S[C@@H]1O[C@H](CO)[C@@H](O)[C@H](O)[C@H]1O. The summed E-state index contributed by atoms with van der Waals surface area (Å²) in [5.74, 6) is 1.14. The highest BCUT2D eigenvalue weighted by Crippen LogP contribution is 2.30. The van der Waals surface area contributed by atoms with Gasteiger partial charge in [0.2, 0.25) is 0 Å². The molecule has 0 radical (unpaired) electrons. The lowest BCUT2D eigenvalue weighted by Crippen LogP contribution is -2.57. The second-order valence-electron chi connectivity index (χ2n) is 6.67. The van der Waals surface area contributed by atoms with Crippen LogP contribution in [0.25, 0.3) is 0 Å². The van der Waals surface area contributed by atoms with Crippen molar-refractivity contribution in [3.8, 4) is 0 Å². The Labute approximate surface area is 180 Å². The van der Waals surface area contributed by atoms with Crippen LogP contribution in [0.3, 0.4) is 0 Å². The molecule has 1 rings (SSSR count). The van der Waals surface area contributed by atoms with Crippen molar-refractivity contribution in [2.24, 2.45) is 5.16 Å². The number of hydrogen-bond donors (Lipinski definition) is 5. The average molecular weight is 478 g/mol. The Balaban J connectivity index is 2.61. The smallest absolute Gasteiger partial charge is 0.394 e. The van der Waals surface area contributed by atoms with Gasteiger partial charge in [0.05, 0.1) is 6.61 Å². The summed E-state index contributed by atoms with van der Waals surface area (Å²) >= 11 is 2.62. The molecule has 10 nitrogen and oxygen atoms in total. The molecule has 13 heteroatoms. The van der Waals surface area contributed by atoms with Gasteiger partial charge in [-0.05, 0) is 31.3 Å². The number of unbranched alkanes of at least 4 members (excludes halogenated alkanes) is 5. The zero-order valence-electron chi connectivity index (χ0n) is 16.3. The normalized spacial score (nSPS) is 28.5. The predicted molar refractivity (Wildman–Crippen MR) is 112 cm³/mol. The summed E-state index contributed by atoms with van der Waals surface area (Å²) in [6.07, 6.45) is 2.70. The van der Waals surface area contributed by atoms with Gasteiger partial charge in [0, 0.05) is 0 Å². The first-order valence-electron chi connectivity index (χ1n) is 9.38. The fourth-order valence-corrected chi connectivity index (χ4v) is 4.58. The van der Waals surface area contributed by atoms with E-state index in [2.05, 4.69) is 15.7 Å². The molecule has 0 aromatic heterocycles. The van der Waals surface area contributed by atoms with Crippen molar-refractivity contribution in [3.05, 3.63) is 0 Å². The summed E-state index contributed by atoms with van der Waals surface area (Å²) in [5, 5.41) is 42.6. The fraction of sp³-hybridized carbons (Fsp3) is 0.938. The molecule has 1 saturated heterocycles. The zero-order chi connectivity index (χ0) is 21.9. The summed E-state index contributed by atoms with van der Waals surface area (Å²) in [4.78, 5) is 0. The van der Waals surface area contributed by atoms with Gasteiger partial charge in [0.15, 0.2) is 0 Å². The van der Waals surface area contributed by atoms with Gasteiger partial charge >= 0.3 is 10.4 Å². The molecule has 1 aliphatic heterocycles. The molecule has 0 saturated carbocycles. The second kappa shape index (κ2) is 14.0. The molecule has 1 fully saturated rings. The number of hydrogen-bond acceptors (Lipinski definition) is 11. The van der Waals surface area contributed by atoms with Crippen molar-refractivity contribution in [2.45, 2.75) is 74.8 Å². The average Bonchev–Trinajstić information content (AvgIpc) is 2.67. The Kier molecular flexibility index (Phi) is 13.0. The molecule has 0 bridgehead atoms. The first-order chi connectivity index (χ1) is 13.7. The summed E-state index contributed by atoms with van der Waals surface area (Å²) < 4.78 is 39.8. The van der Waals surface area contributed by atoms with E-state index >= 15 is 0 Å². The lowest BCUT2D eigenvalue weighted by Gasteiger charge is -2.39. The van der Waals surface area contributed by atoms with Crippen molar-refractivity contribution >= 4 is 39.0 Å². The van der Waals surface area contributed by atoms with Crippen LogP contribution in [0.1, 0.15) is 44.9 Å². The Morgan fingerprint density at radius 2 is 1.66 bits per heavy atom. The fourth-order valence-electron chi connectivity index (χ4n) is 2.74. The van der Waals surface area contributed by atoms with Crippen LogP contribution in [-0.4, -0.2) is 86.9 Å². The minimum Gasteiger partial charge on any atom is -0.394 e. The predicted octanol–water partition coefficient (Wildman–Crippen LogP) is 0.746. The Bertz CT molecular complexity index is 588. The summed E-state index contributed by atoms with van der Waals surface area (Å²) in [6.45, 7) is -0.577. The van der Waals surface area contributed by atoms with Crippen LogP contribution in [0.15, 0.2) is 5.16 Å². The molecule has 0 aromatic carbocycles. The van der Waals surface area contributed by atoms with Crippen LogP contribution in [-0.2, 0) is 19.4 Å². The maximum Gasteiger partial charge on any atom is 0.466 e. The standard InChI is InChI=1S/C16H31NO9S3/c1-27-9-7-5-3-2-4-6-8-12(17-26-29(22,23)24)28-16-15(21)14(20)13(19)11(10-18)25-16/h11,13-16,18-21H,2-10H2,1H3,(H,22,23,24)/t11-,13-,14+,15-,16+/m1/s1. The first kappa shape index (κ1) is 26.9. The van der Waals surface area contributed by atoms with Crippen LogP contribution in [0, 0.1) is 0 Å². The number of ether oxygens (including phenoxy) is 1. The van der Waals surface area contributed by atoms with Crippen molar-refractivity contribution in [1.29, 1.82) is 0 Å². The molecule has 172 valence electrons. The molecule has 29 heavy (non-hydrogen) atoms. The van der Waals surface area contributed by atoms with Crippen molar-refractivity contribution < 1.29 is 42.4 Å². The highest BCUT2D eigenvalue weighted by Gasteiger charge is 2.44. The second-order valence-corrected chi connectivity index (χ2v) is 9.83. The van der Waals surface area contributed by atoms with Crippen LogP contribution < -0.4 is 0 Å². The van der Waals surface area contributed by atoms with E-state index in [-0.39, 0.29) is 5.04 Å². The third-order valence-corrected chi connectivity index (χ3v) is 6.46. The van der Waals surface area contributed by atoms with Gasteiger partial charge in [0.25, 0.3) is 0 Å². The highest BCUT2D eigenvalue weighted by atomic mass is 32.3. The van der Waals surface area contributed by atoms with E-state index in [4.69, 9.17) is 9.29 Å². The molecule has 1 aliphatic rings. The van der Waals surface area contributed by atoms with E-state index in [0.717, 1.165) is 43.2 Å². The van der Waals surface area contributed by atoms with Crippen LogP contribution in [0.4, 0.5) is 0 Å². The monoisotopic (exact) mass is 477 g/mol. The zero-order valence-corrected chi connectivity index (χ0v) is 18.7. The Hall–Kier alpha value is -0.120. The van der Waals surface area contributed by atoms with Crippen molar-refractivity contribution in [1.82, 2.24) is 0 Å². The number of rotatable bonds is 13.